The van der Waals surface area contributed by atoms with Crippen LogP contribution in [0.4, 0.5) is 11.4 Å². The summed E-state index contributed by atoms with van der Waals surface area (Å²) in [6.45, 7) is 1.44. The van der Waals surface area contributed by atoms with Crippen LogP contribution >= 0.6 is 0 Å². The van der Waals surface area contributed by atoms with Crippen molar-refractivity contribution in [2.45, 2.75) is 6.92 Å². The van der Waals surface area contributed by atoms with Gasteiger partial charge in [0.15, 0.2) is 0 Å². The van der Waals surface area contributed by atoms with E-state index in [1.54, 1.807) is 48.8 Å². The lowest BCUT2D eigenvalue weighted by atomic mass is 10.2. The Balaban J connectivity index is 1.68. The maximum atomic E-state index is 12.3. The predicted octanol–water partition coefficient (Wildman–Crippen LogP) is 2.75. The minimum atomic E-state index is -0.268. The van der Waals surface area contributed by atoms with Gasteiger partial charge in [-0.05, 0) is 36.4 Å². The number of aromatic nitrogens is 3. The average Bonchev–Trinajstić information content (AvgIpc) is 2.64. The standard InChI is InChI=1S/C18H15N5O2/c1-12(24)22-15-3-5-16(6-4-15)23-18(25)13-2-7-17(21-10-13)14-8-19-11-20-9-14/h2-11H,1H3,(H,22,24)(H,23,25). The fourth-order valence-electron chi connectivity index (χ4n) is 2.17. The highest BCUT2D eigenvalue weighted by Gasteiger charge is 2.08. The second kappa shape index (κ2) is 7.31. The molecule has 2 N–H and O–H groups in total. The molecule has 124 valence electrons. The molecule has 0 saturated carbocycles. The largest absolute Gasteiger partial charge is 0.326 e. The Labute approximate surface area is 144 Å². The van der Waals surface area contributed by atoms with Crippen LogP contribution in [0, 0.1) is 0 Å². The van der Waals surface area contributed by atoms with Gasteiger partial charge in [-0.2, -0.15) is 0 Å². The Hall–Kier alpha value is -3.61. The van der Waals surface area contributed by atoms with Crippen molar-refractivity contribution in [3.63, 3.8) is 0 Å². The van der Waals surface area contributed by atoms with Crippen molar-refractivity contribution in [3.05, 3.63) is 66.9 Å². The number of amides is 2. The van der Waals surface area contributed by atoms with Crippen LogP contribution < -0.4 is 10.6 Å². The molecular formula is C18H15N5O2. The van der Waals surface area contributed by atoms with E-state index in [2.05, 4.69) is 25.6 Å². The zero-order valence-electron chi connectivity index (χ0n) is 13.4. The van der Waals surface area contributed by atoms with Gasteiger partial charge in [0.2, 0.25) is 5.91 Å². The van der Waals surface area contributed by atoms with Crippen molar-refractivity contribution in [1.82, 2.24) is 15.0 Å². The number of carbonyl (C=O) groups excluding carboxylic acids is 2. The fourth-order valence-corrected chi connectivity index (χ4v) is 2.17. The van der Waals surface area contributed by atoms with E-state index in [9.17, 15) is 9.59 Å². The summed E-state index contributed by atoms with van der Waals surface area (Å²) in [5, 5.41) is 5.45. The number of carbonyl (C=O) groups is 2. The van der Waals surface area contributed by atoms with Gasteiger partial charge in [0, 0.05) is 42.5 Å². The van der Waals surface area contributed by atoms with Gasteiger partial charge in [0.1, 0.15) is 6.33 Å². The number of nitrogens with zero attached hydrogens (tertiary/aromatic N) is 3. The second-order valence-electron chi connectivity index (χ2n) is 5.27. The highest BCUT2D eigenvalue weighted by atomic mass is 16.2. The molecular weight excluding hydrogens is 318 g/mol. The number of hydrogen-bond donors (Lipinski definition) is 2. The highest BCUT2D eigenvalue weighted by molar-refractivity contribution is 6.04. The average molecular weight is 333 g/mol. The van der Waals surface area contributed by atoms with Gasteiger partial charge < -0.3 is 10.6 Å². The first-order chi connectivity index (χ1) is 12.1. The topological polar surface area (TPSA) is 96.9 Å². The van der Waals surface area contributed by atoms with Gasteiger partial charge in [-0.3, -0.25) is 14.6 Å². The second-order valence-corrected chi connectivity index (χ2v) is 5.27. The summed E-state index contributed by atoms with van der Waals surface area (Å²) in [6, 6.07) is 10.3. The van der Waals surface area contributed by atoms with E-state index in [4.69, 9.17) is 0 Å². The summed E-state index contributed by atoms with van der Waals surface area (Å²) >= 11 is 0. The van der Waals surface area contributed by atoms with Gasteiger partial charge in [0.25, 0.3) is 5.91 Å². The van der Waals surface area contributed by atoms with Crippen molar-refractivity contribution in [3.8, 4) is 11.3 Å². The Morgan fingerprint density at radius 1 is 0.840 bits per heavy atom. The zero-order chi connectivity index (χ0) is 17.6. The summed E-state index contributed by atoms with van der Waals surface area (Å²) in [6.07, 6.45) is 6.27. The SMILES string of the molecule is CC(=O)Nc1ccc(NC(=O)c2ccc(-c3cncnc3)nc2)cc1. The monoisotopic (exact) mass is 333 g/mol. The molecule has 2 amide bonds. The Kier molecular flexibility index (Phi) is 4.75. The van der Waals surface area contributed by atoms with Crippen LogP contribution in [0.25, 0.3) is 11.3 Å². The maximum absolute atomic E-state index is 12.3. The molecule has 0 fully saturated rings. The first-order valence-electron chi connectivity index (χ1n) is 7.52. The number of rotatable bonds is 4. The van der Waals surface area contributed by atoms with Crippen molar-refractivity contribution < 1.29 is 9.59 Å². The van der Waals surface area contributed by atoms with Crippen LogP contribution in [0.1, 0.15) is 17.3 Å². The van der Waals surface area contributed by atoms with Crippen molar-refractivity contribution in [1.29, 1.82) is 0 Å². The number of hydrogen-bond acceptors (Lipinski definition) is 5. The molecule has 2 heterocycles. The van der Waals surface area contributed by atoms with E-state index in [1.165, 1.54) is 19.4 Å². The first-order valence-corrected chi connectivity index (χ1v) is 7.52. The molecule has 3 rings (SSSR count). The van der Waals surface area contributed by atoms with Gasteiger partial charge >= 0.3 is 0 Å². The normalized spacial score (nSPS) is 10.1. The Morgan fingerprint density at radius 2 is 1.48 bits per heavy atom. The smallest absolute Gasteiger partial charge is 0.257 e. The molecule has 0 unspecified atom stereocenters. The Bertz CT molecular complexity index is 878. The van der Waals surface area contributed by atoms with Gasteiger partial charge in [-0.25, -0.2) is 9.97 Å². The molecule has 25 heavy (non-hydrogen) atoms. The molecule has 0 atom stereocenters. The van der Waals surface area contributed by atoms with E-state index in [1.807, 2.05) is 0 Å². The fraction of sp³-hybridized carbons (Fsp3) is 0.0556. The van der Waals surface area contributed by atoms with Crippen LogP contribution in [-0.2, 0) is 4.79 Å². The molecule has 2 aromatic heterocycles. The number of anilines is 2. The number of pyridine rings is 1. The van der Waals surface area contributed by atoms with Gasteiger partial charge in [0.05, 0.1) is 11.3 Å². The molecule has 1 aromatic carbocycles. The summed E-state index contributed by atoms with van der Waals surface area (Å²) in [4.78, 5) is 35.4. The quantitative estimate of drug-likeness (QED) is 0.765. The van der Waals surface area contributed by atoms with Crippen LogP contribution in [0.3, 0.4) is 0 Å². The van der Waals surface area contributed by atoms with Crippen molar-refractivity contribution >= 4 is 23.2 Å². The lowest BCUT2D eigenvalue weighted by molar-refractivity contribution is -0.114. The highest BCUT2D eigenvalue weighted by Crippen LogP contribution is 2.17. The van der Waals surface area contributed by atoms with Crippen molar-refractivity contribution in [2.24, 2.45) is 0 Å². The summed E-state index contributed by atoms with van der Waals surface area (Å²) < 4.78 is 0. The van der Waals surface area contributed by atoms with Crippen LogP contribution in [0.5, 0.6) is 0 Å². The van der Waals surface area contributed by atoms with Crippen LogP contribution in [0.15, 0.2) is 61.3 Å². The number of nitrogens with one attached hydrogen (secondary N) is 2. The third-order valence-corrected chi connectivity index (χ3v) is 3.35. The lowest BCUT2D eigenvalue weighted by Crippen LogP contribution is -2.12. The molecule has 0 bridgehead atoms. The number of benzene rings is 1. The van der Waals surface area contributed by atoms with E-state index in [-0.39, 0.29) is 11.8 Å². The van der Waals surface area contributed by atoms with Crippen molar-refractivity contribution in [2.75, 3.05) is 10.6 Å². The van der Waals surface area contributed by atoms with Gasteiger partial charge in [-0.15, -0.1) is 0 Å². The summed E-state index contributed by atoms with van der Waals surface area (Å²) in [5.74, 6) is -0.414. The van der Waals surface area contributed by atoms with E-state index >= 15 is 0 Å². The molecule has 0 spiro atoms. The molecule has 3 aromatic rings. The molecule has 0 aliphatic rings. The molecule has 0 aliphatic carbocycles. The third-order valence-electron chi connectivity index (χ3n) is 3.35. The molecule has 0 aliphatic heterocycles. The van der Waals surface area contributed by atoms with Crippen LogP contribution in [0.2, 0.25) is 0 Å². The van der Waals surface area contributed by atoms with Gasteiger partial charge in [-0.1, -0.05) is 0 Å². The maximum Gasteiger partial charge on any atom is 0.257 e. The summed E-state index contributed by atoms with van der Waals surface area (Å²) in [5.41, 5.74) is 3.20. The molecule has 7 nitrogen and oxygen atoms in total. The van der Waals surface area contributed by atoms with Crippen LogP contribution in [-0.4, -0.2) is 26.8 Å². The van der Waals surface area contributed by atoms with E-state index in [0.717, 1.165) is 5.56 Å². The lowest BCUT2D eigenvalue weighted by Gasteiger charge is -2.07. The zero-order valence-corrected chi connectivity index (χ0v) is 13.4. The minimum Gasteiger partial charge on any atom is -0.326 e. The first kappa shape index (κ1) is 16.3. The Morgan fingerprint density at radius 3 is 2.04 bits per heavy atom. The summed E-state index contributed by atoms with van der Waals surface area (Å²) in [7, 11) is 0. The minimum absolute atomic E-state index is 0.147. The molecule has 0 saturated heterocycles. The molecule has 7 heteroatoms. The molecule has 0 radical (unpaired) electrons. The third kappa shape index (κ3) is 4.23. The predicted molar refractivity (Wildman–Crippen MR) is 94.0 cm³/mol. The van der Waals surface area contributed by atoms with E-state index < -0.39 is 0 Å². The van der Waals surface area contributed by atoms with E-state index in [0.29, 0.717) is 22.6 Å².